The van der Waals surface area contributed by atoms with E-state index in [4.69, 9.17) is 0 Å². The van der Waals surface area contributed by atoms with Gasteiger partial charge in [0, 0.05) is 35.2 Å². The van der Waals surface area contributed by atoms with Crippen LogP contribution in [-0.2, 0) is 0 Å². The van der Waals surface area contributed by atoms with Crippen molar-refractivity contribution in [2.24, 2.45) is 17.8 Å². The van der Waals surface area contributed by atoms with Gasteiger partial charge in [-0.2, -0.15) is 0 Å². The summed E-state index contributed by atoms with van der Waals surface area (Å²) in [5.41, 5.74) is 3.78. The first-order valence-electron chi connectivity index (χ1n) is 18.5. The molecule has 0 heterocycles. The summed E-state index contributed by atoms with van der Waals surface area (Å²) in [7, 11) is 0. The summed E-state index contributed by atoms with van der Waals surface area (Å²) in [6, 6.07) is 33.5. The maximum atomic E-state index is 3.61. The van der Waals surface area contributed by atoms with Crippen molar-refractivity contribution < 1.29 is 0 Å². The zero-order valence-electron chi connectivity index (χ0n) is 28.7. The van der Waals surface area contributed by atoms with Crippen LogP contribution in [0, 0.1) is 17.8 Å². The van der Waals surface area contributed by atoms with Crippen molar-refractivity contribution in [3.63, 3.8) is 0 Å². The van der Waals surface area contributed by atoms with Gasteiger partial charge in [0.1, 0.15) is 0 Å². The van der Waals surface area contributed by atoms with Crippen LogP contribution in [-0.4, -0.2) is 18.1 Å². The Hall–Kier alpha value is -2.94. The van der Waals surface area contributed by atoms with Gasteiger partial charge in [-0.15, -0.1) is 0 Å². The standard InChI is InChI=1S/3C14H21N.CH4/c3*1-12(13-8-4-2-5-9-13)15-14-10-6-3-7-11-14;/h3*3,6-7,10-13,15H,2,4-5,8-9H2,1H3;1H4. The van der Waals surface area contributed by atoms with Gasteiger partial charge in [0.15, 0.2) is 0 Å². The highest BCUT2D eigenvalue weighted by Crippen LogP contribution is 2.30. The van der Waals surface area contributed by atoms with Crippen LogP contribution in [0.1, 0.15) is 125 Å². The Bertz CT molecular complexity index is 970. The van der Waals surface area contributed by atoms with E-state index in [0.717, 1.165) is 17.8 Å². The van der Waals surface area contributed by atoms with Gasteiger partial charge in [0.05, 0.1) is 0 Å². The summed E-state index contributed by atoms with van der Waals surface area (Å²) < 4.78 is 0. The average Bonchev–Trinajstić information content (AvgIpc) is 3.11. The van der Waals surface area contributed by atoms with Crippen molar-refractivity contribution in [1.29, 1.82) is 0 Å². The van der Waals surface area contributed by atoms with Gasteiger partial charge in [-0.25, -0.2) is 0 Å². The quantitative estimate of drug-likeness (QED) is 0.221. The number of para-hydroxylation sites is 3. The summed E-state index contributed by atoms with van der Waals surface area (Å²) in [5.74, 6) is 2.62. The highest BCUT2D eigenvalue weighted by Gasteiger charge is 2.21. The van der Waals surface area contributed by atoms with E-state index >= 15 is 0 Å². The third-order valence-corrected chi connectivity index (χ3v) is 10.6. The molecular weight excluding hydrogens is 558 g/mol. The van der Waals surface area contributed by atoms with E-state index in [2.05, 4.69) is 128 Å². The topological polar surface area (TPSA) is 36.1 Å². The Balaban J connectivity index is 0.000000186. The summed E-state index contributed by atoms with van der Waals surface area (Å²) in [5, 5.41) is 10.8. The lowest BCUT2D eigenvalue weighted by Gasteiger charge is -2.29. The molecule has 3 fully saturated rings. The molecule has 6 rings (SSSR count). The zero-order chi connectivity index (χ0) is 31.5. The molecule has 3 heteroatoms. The fraction of sp³-hybridized carbons (Fsp3) is 0.581. The molecular formula is C43H67N3. The molecule has 3 aromatic carbocycles. The minimum absolute atomic E-state index is 0. The molecule has 0 aliphatic heterocycles. The molecule has 0 spiro atoms. The molecule has 46 heavy (non-hydrogen) atoms. The van der Waals surface area contributed by atoms with Crippen LogP contribution in [0.4, 0.5) is 17.1 Å². The fourth-order valence-corrected chi connectivity index (χ4v) is 7.65. The smallest absolute Gasteiger partial charge is 0.0342 e. The molecule has 3 nitrogen and oxygen atoms in total. The molecule has 3 aliphatic rings. The van der Waals surface area contributed by atoms with Gasteiger partial charge >= 0.3 is 0 Å². The molecule has 0 amide bonds. The van der Waals surface area contributed by atoms with Crippen molar-refractivity contribution in [3.8, 4) is 0 Å². The van der Waals surface area contributed by atoms with E-state index in [-0.39, 0.29) is 7.43 Å². The molecule has 0 bridgehead atoms. The van der Waals surface area contributed by atoms with Gasteiger partial charge in [-0.3, -0.25) is 0 Å². The van der Waals surface area contributed by atoms with Crippen LogP contribution < -0.4 is 16.0 Å². The number of hydrogen-bond donors (Lipinski definition) is 3. The van der Waals surface area contributed by atoms with E-state index in [1.165, 1.54) is 113 Å². The average molecular weight is 626 g/mol. The molecule has 3 aromatic rings. The second-order valence-electron chi connectivity index (χ2n) is 14.1. The lowest BCUT2D eigenvalue weighted by atomic mass is 9.84. The number of benzene rings is 3. The van der Waals surface area contributed by atoms with Crippen molar-refractivity contribution >= 4 is 17.1 Å². The Labute approximate surface area is 283 Å². The molecule has 254 valence electrons. The highest BCUT2D eigenvalue weighted by atomic mass is 14.9. The van der Waals surface area contributed by atoms with Crippen molar-refractivity contribution in [3.05, 3.63) is 91.0 Å². The fourth-order valence-electron chi connectivity index (χ4n) is 7.65. The maximum Gasteiger partial charge on any atom is 0.0342 e. The second kappa shape index (κ2) is 21.8. The van der Waals surface area contributed by atoms with Gasteiger partial charge in [0.25, 0.3) is 0 Å². The second-order valence-corrected chi connectivity index (χ2v) is 14.1. The number of rotatable bonds is 9. The summed E-state index contributed by atoms with van der Waals surface area (Å²) in [6.45, 7) is 6.97. The van der Waals surface area contributed by atoms with Gasteiger partial charge in [0.2, 0.25) is 0 Å². The Morgan fingerprint density at radius 2 is 0.587 bits per heavy atom. The molecule has 0 saturated heterocycles. The first-order valence-corrected chi connectivity index (χ1v) is 18.5. The number of nitrogens with one attached hydrogen (secondary N) is 3. The van der Waals surface area contributed by atoms with Gasteiger partial charge in [-0.1, -0.05) is 120 Å². The van der Waals surface area contributed by atoms with Crippen molar-refractivity contribution in [1.82, 2.24) is 0 Å². The first kappa shape index (κ1) is 37.5. The van der Waals surface area contributed by atoms with Gasteiger partial charge in [-0.05, 0) is 113 Å². The third-order valence-electron chi connectivity index (χ3n) is 10.6. The first-order chi connectivity index (χ1) is 22.1. The molecule has 3 aliphatic carbocycles. The van der Waals surface area contributed by atoms with E-state index in [9.17, 15) is 0 Å². The lowest BCUT2D eigenvalue weighted by molar-refractivity contribution is 0.328. The third kappa shape index (κ3) is 13.8. The Morgan fingerprint density at radius 1 is 0.370 bits per heavy atom. The van der Waals surface area contributed by atoms with Crippen LogP contribution in [0.5, 0.6) is 0 Å². The van der Waals surface area contributed by atoms with Crippen LogP contribution in [0.3, 0.4) is 0 Å². The molecule has 3 N–H and O–H groups in total. The van der Waals surface area contributed by atoms with E-state index in [1.54, 1.807) is 0 Å². The maximum absolute atomic E-state index is 3.61. The van der Waals surface area contributed by atoms with Crippen LogP contribution in [0.15, 0.2) is 91.0 Å². The molecule has 3 atom stereocenters. The molecule has 3 saturated carbocycles. The predicted molar refractivity (Wildman–Crippen MR) is 205 cm³/mol. The van der Waals surface area contributed by atoms with Gasteiger partial charge < -0.3 is 16.0 Å². The minimum Gasteiger partial charge on any atom is -0.382 e. The Morgan fingerprint density at radius 3 is 0.804 bits per heavy atom. The lowest BCUT2D eigenvalue weighted by Crippen LogP contribution is -2.27. The van der Waals surface area contributed by atoms with Crippen LogP contribution in [0.25, 0.3) is 0 Å². The monoisotopic (exact) mass is 626 g/mol. The normalized spacial score (nSPS) is 19.4. The number of anilines is 3. The van der Waals surface area contributed by atoms with E-state index in [1.807, 2.05) is 0 Å². The Kier molecular flexibility index (Phi) is 17.8. The summed E-state index contributed by atoms with van der Waals surface area (Å²) in [6.07, 6.45) is 21.3. The summed E-state index contributed by atoms with van der Waals surface area (Å²) >= 11 is 0. The molecule has 0 aromatic heterocycles. The molecule has 3 unspecified atom stereocenters. The zero-order valence-corrected chi connectivity index (χ0v) is 28.7. The van der Waals surface area contributed by atoms with Crippen LogP contribution >= 0.6 is 0 Å². The van der Waals surface area contributed by atoms with Crippen molar-refractivity contribution in [2.45, 2.75) is 143 Å². The van der Waals surface area contributed by atoms with E-state index < -0.39 is 0 Å². The molecule has 0 radical (unpaired) electrons. The SMILES string of the molecule is C.CC(Nc1ccccc1)C1CCCCC1.CC(Nc1ccccc1)C1CCCCC1.CC(Nc1ccccc1)C1CCCCC1. The number of hydrogen-bond acceptors (Lipinski definition) is 3. The van der Waals surface area contributed by atoms with Crippen molar-refractivity contribution in [2.75, 3.05) is 16.0 Å². The largest absolute Gasteiger partial charge is 0.382 e. The van der Waals surface area contributed by atoms with E-state index in [0.29, 0.717) is 18.1 Å². The van der Waals surface area contributed by atoms with Crippen LogP contribution in [0.2, 0.25) is 0 Å². The highest BCUT2D eigenvalue weighted by molar-refractivity contribution is 5.44. The predicted octanol–water partition coefficient (Wildman–Crippen LogP) is 12.8. The minimum atomic E-state index is 0. The summed E-state index contributed by atoms with van der Waals surface area (Å²) in [4.78, 5) is 0.